The number of fused-ring (bicyclic) bond motifs is 5. The maximum Gasteiger partial charge on any atom is 0.257 e. The number of pyridine rings is 1. The van der Waals surface area contributed by atoms with Gasteiger partial charge in [0, 0.05) is 33.4 Å². The van der Waals surface area contributed by atoms with E-state index in [9.17, 15) is 4.79 Å². The number of benzene rings is 1. The fraction of sp³-hybridized carbons (Fsp3) is 0. The Morgan fingerprint density at radius 2 is 2.00 bits per heavy atom. The fourth-order valence-corrected chi connectivity index (χ4v) is 2.50. The van der Waals surface area contributed by atoms with Crippen molar-refractivity contribution in [1.29, 1.82) is 0 Å². The summed E-state index contributed by atoms with van der Waals surface area (Å²) in [5, 5.41) is 3.00. The second-order valence-corrected chi connectivity index (χ2v) is 4.38. The van der Waals surface area contributed by atoms with Gasteiger partial charge in [-0.05, 0) is 12.1 Å². The molecular formula is C13H9N5O. The van der Waals surface area contributed by atoms with Crippen LogP contribution in [0.2, 0.25) is 0 Å². The zero-order chi connectivity index (χ0) is 13.0. The van der Waals surface area contributed by atoms with Gasteiger partial charge in [-0.1, -0.05) is 6.07 Å². The second kappa shape index (κ2) is 3.32. The van der Waals surface area contributed by atoms with Gasteiger partial charge >= 0.3 is 0 Å². The predicted molar refractivity (Wildman–Crippen MR) is 73.9 cm³/mol. The summed E-state index contributed by atoms with van der Waals surface area (Å²) in [5.41, 5.74) is 7.72. The second-order valence-electron chi connectivity index (χ2n) is 4.38. The number of aromatic amines is 2. The van der Waals surface area contributed by atoms with Crippen LogP contribution < -0.4 is 11.3 Å². The topological polar surface area (TPSA) is 100 Å². The Kier molecular flexibility index (Phi) is 1.76. The van der Waals surface area contributed by atoms with E-state index in [0.29, 0.717) is 22.4 Å². The van der Waals surface area contributed by atoms with Crippen LogP contribution in [0, 0.1) is 0 Å². The van der Waals surface area contributed by atoms with Gasteiger partial charge in [0.25, 0.3) is 5.56 Å². The number of H-pyrrole nitrogens is 2. The summed E-state index contributed by atoms with van der Waals surface area (Å²) in [6.07, 6.45) is 3.17. The zero-order valence-corrected chi connectivity index (χ0v) is 9.77. The molecule has 4 N–H and O–H groups in total. The number of nitrogen functional groups attached to an aromatic ring is 1. The van der Waals surface area contributed by atoms with E-state index in [1.54, 1.807) is 24.4 Å². The van der Waals surface area contributed by atoms with Crippen LogP contribution in [0.1, 0.15) is 0 Å². The van der Waals surface area contributed by atoms with Crippen molar-refractivity contribution in [3.8, 4) is 0 Å². The highest BCUT2D eigenvalue weighted by Gasteiger charge is 2.13. The van der Waals surface area contributed by atoms with E-state index in [1.807, 2.05) is 0 Å². The summed E-state index contributed by atoms with van der Waals surface area (Å²) in [6, 6.07) is 5.31. The molecule has 0 amide bonds. The molecule has 0 fully saturated rings. The zero-order valence-electron chi connectivity index (χ0n) is 9.77. The van der Waals surface area contributed by atoms with Gasteiger partial charge in [0.1, 0.15) is 17.6 Å². The molecule has 6 heteroatoms. The first kappa shape index (κ1) is 10.1. The van der Waals surface area contributed by atoms with E-state index in [1.165, 1.54) is 6.33 Å². The third-order valence-corrected chi connectivity index (χ3v) is 3.30. The van der Waals surface area contributed by atoms with Gasteiger partial charge in [0.2, 0.25) is 0 Å². The van der Waals surface area contributed by atoms with Gasteiger partial charge in [-0.15, -0.1) is 0 Å². The minimum Gasteiger partial charge on any atom is -0.398 e. The lowest BCUT2D eigenvalue weighted by Gasteiger charge is -2.03. The molecule has 0 bridgehead atoms. The highest BCUT2D eigenvalue weighted by atomic mass is 16.1. The molecule has 0 saturated heterocycles. The first-order chi connectivity index (χ1) is 9.25. The summed E-state index contributed by atoms with van der Waals surface area (Å²) in [7, 11) is 0. The molecule has 0 aliphatic rings. The molecule has 0 atom stereocenters. The Bertz CT molecular complexity index is 998. The maximum absolute atomic E-state index is 12.1. The Morgan fingerprint density at radius 3 is 2.89 bits per heavy atom. The third-order valence-electron chi connectivity index (χ3n) is 3.30. The van der Waals surface area contributed by atoms with E-state index in [4.69, 9.17) is 5.73 Å². The van der Waals surface area contributed by atoms with Crippen LogP contribution >= 0.6 is 0 Å². The van der Waals surface area contributed by atoms with Crippen LogP contribution in [0.3, 0.4) is 0 Å². The van der Waals surface area contributed by atoms with Gasteiger partial charge in [0.05, 0.1) is 0 Å². The summed E-state index contributed by atoms with van der Waals surface area (Å²) in [4.78, 5) is 26.1. The van der Waals surface area contributed by atoms with Crippen molar-refractivity contribution in [1.82, 2.24) is 19.9 Å². The molecule has 0 saturated carbocycles. The lowest BCUT2D eigenvalue weighted by molar-refractivity contribution is 1.20. The van der Waals surface area contributed by atoms with Gasteiger partial charge in [0.15, 0.2) is 0 Å². The Labute approximate surface area is 106 Å². The number of hydrogen-bond acceptors (Lipinski definition) is 4. The number of hydrogen-bond donors (Lipinski definition) is 3. The van der Waals surface area contributed by atoms with E-state index in [2.05, 4.69) is 19.9 Å². The summed E-state index contributed by atoms with van der Waals surface area (Å²) < 4.78 is 0. The van der Waals surface area contributed by atoms with Crippen LogP contribution in [0.25, 0.3) is 32.8 Å². The van der Waals surface area contributed by atoms with Gasteiger partial charge in [-0.2, -0.15) is 0 Å². The summed E-state index contributed by atoms with van der Waals surface area (Å²) >= 11 is 0. The Hall–Kier alpha value is -2.89. The molecule has 6 nitrogen and oxygen atoms in total. The molecule has 4 rings (SSSR count). The van der Waals surface area contributed by atoms with Crippen molar-refractivity contribution in [2.24, 2.45) is 0 Å². The van der Waals surface area contributed by atoms with E-state index in [0.717, 1.165) is 16.2 Å². The number of nitrogens with zero attached hydrogens (tertiary/aromatic N) is 2. The number of nitrogens with one attached hydrogen (secondary N) is 2. The van der Waals surface area contributed by atoms with E-state index < -0.39 is 0 Å². The summed E-state index contributed by atoms with van der Waals surface area (Å²) in [5.74, 6) is 0. The predicted octanol–water partition coefficient (Wildman–Crippen LogP) is 1.53. The van der Waals surface area contributed by atoms with E-state index in [-0.39, 0.29) is 5.56 Å². The fourth-order valence-electron chi connectivity index (χ4n) is 2.50. The van der Waals surface area contributed by atoms with Crippen molar-refractivity contribution in [2.75, 3.05) is 5.73 Å². The SMILES string of the molecule is Nc1cccc2c(=O)[nH]c3[nH]c4ncncc4c3c12. The van der Waals surface area contributed by atoms with Crippen molar-refractivity contribution in [3.05, 3.63) is 41.1 Å². The molecule has 4 aromatic rings. The number of anilines is 1. The molecule has 0 unspecified atom stereocenters. The molecule has 0 radical (unpaired) electrons. The van der Waals surface area contributed by atoms with Gasteiger partial charge in [-0.25, -0.2) is 9.97 Å². The Balaban J connectivity index is 2.46. The smallest absolute Gasteiger partial charge is 0.257 e. The average Bonchev–Trinajstić information content (AvgIpc) is 2.77. The van der Waals surface area contributed by atoms with Crippen molar-refractivity contribution >= 4 is 38.5 Å². The van der Waals surface area contributed by atoms with Crippen molar-refractivity contribution in [2.45, 2.75) is 0 Å². The number of aromatic nitrogens is 4. The van der Waals surface area contributed by atoms with Crippen LogP contribution in [0.5, 0.6) is 0 Å². The summed E-state index contributed by atoms with van der Waals surface area (Å²) in [6.45, 7) is 0. The quantitative estimate of drug-likeness (QED) is 0.412. The van der Waals surface area contributed by atoms with Gasteiger partial charge in [-0.3, -0.25) is 4.79 Å². The van der Waals surface area contributed by atoms with Crippen LogP contribution in [-0.4, -0.2) is 19.9 Å². The minimum absolute atomic E-state index is 0.172. The molecule has 92 valence electrons. The van der Waals surface area contributed by atoms with Crippen LogP contribution in [0.4, 0.5) is 5.69 Å². The molecule has 19 heavy (non-hydrogen) atoms. The molecule has 0 aliphatic carbocycles. The number of nitrogens with two attached hydrogens (primary N) is 1. The van der Waals surface area contributed by atoms with Crippen molar-refractivity contribution in [3.63, 3.8) is 0 Å². The third kappa shape index (κ3) is 1.22. The van der Waals surface area contributed by atoms with Crippen LogP contribution in [0.15, 0.2) is 35.5 Å². The van der Waals surface area contributed by atoms with Crippen molar-refractivity contribution < 1.29 is 0 Å². The lowest BCUT2D eigenvalue weighted by Crippen LogP contribution is -2.07. The average molecular weight is 251 g/mol. The number of rotatable bonds is 0. The standard InChI is InChI=1S/C13H9N5O/c14-8-3-1-2-6-9(8)10-7-4-15-5-16-11(7)17-12(10)18-13(6)19/h1-5H,14H2,(H2,15,16,17,18,19). The first-order valence-corrected chi connectivity index (χ1v) is 5.77. The van der Waals surface area contributed by atoms with Crippen LogP contribution in [-0.2, 0) is 0 Å². The molecule has 1 aromatic carbocycles. The van der Waals surface area contributed by atoms with Gasteiger partial charge < -0.3 is 15.7 Å². The first-order valence-electron chi connectivity index (χ1n) is 5.77. The maximum atomic E-state index is 12.1. The molecular weight excluding hydrogens is 242 g/mol. The highest BCUT2D eigenvalue weighted by Crippen LogP contribution is 2.31. The molecule has 3 aromatic heterocycles. The highest BCUT2D eigenvalue weighted by molar-refractivity contribution is 6.21. The molecule has 3 heterocycles. The lowest BCUT2D eigenvalue weighted by atomic mass is 10.1. The molecule has 0 spiro atoms. The molecule has 0 aliphatic heterocycles. The van der Waals surface area contributed by atoms with E-state index >= 15 is 0 Å². The largest absolute Gasteiger partial charge is 0.398 e. The minimum atomic E-state index is -0.172. The monoisotopic (exact) mass is 251 g/mol. The normalized spacial score (nSPS) is 11.6. The Morgan fingerprint density at radius 1 is 1.11 bits per heavy atom.